The highest BCUT2D eigenvalue weighted by Gasteiger charge is 2.34. The second kappa shape index (κ2) is 10.9. The van der Waals surface area contributed by atoms with Gasteiger partial charge in [0.25, 0.3) is 0 Å². The Bertz CT molecular complexity index is 1560. The van der Waals surface area contributed by atoms with Crippen molar-refractivity contribution in [3.63, 3.8) is 0 Å². The van der Waals surface area contributed by atoms with Crippen LogP contribution in [0.4, 0.5) is 30.9 Å². The van der Waals surface area contributed by atoms with Gasteiger partial charge >= 0.3 is 6.09 Å². The molecule has 1 aromatic carbocycles. The largest absolute Gasteiger partial charge is 0.453 e. The van der Waals surface area contributed by atoms with Crippen LogP contribution in [0, 0.1) is 17.6 Å². The van der Waals surface area contributed by atoms with Gasteiger partial charge < -0.3 is 30.7 Å². The Labute approximate surface area is 234 Å². The molecule has 1 amide bonds. The van der Waals surface area contributed by atoms with Crippen LogP contribution in [0.5, 0.6) is 0 Å². The number of nitrogens with two attached hydrogens (primary N) is 1. The SMILES string of the molecule is COC(=O)N[C@@H]1[C@H](N)CN(c2ccncc2Nc2ncc3ccc(-c4c(F)cc(C5COC5)cc4F)nn23)C[C@@H]1C. The molecule has 0 unspecified atom stereocenters. The average Bonchev–Trinajstić information content (AvgIpc) is 3.31. The number of rotatable bonds is 6. The molecule has 4 aromatic rings. The van der Waals surface area contributed by atoms with Crippen LogP contribution in [-0.4, -0.2) is 71.2 Å². The van der Waals surface area contributed by atoms with Crippen LogP contribution < -0.4 is 21.3 Å². The first-order valence-electron chi connectivity index (χ1n) is 13.3. The molecule has 6 rings (SSSR count). The molecular weight excluding hydrogens is 534 g/mol. The number of nitrogens with one attached hydrogen (secondary N) is 2. The van der Waals surface area contributed by atoms with Gasteiger partial charge in [0.15, 0.2) is 0 Å². The summed E-state index contributed by atoms with van der Waals surface area (Å²) in [5.74, 6) is -0.992. The fourth-order valence-electron chi connectivity index (χ4n) is 5.45. The maximum Gasteiger partial charge on any atom is 0.407 e. The molecule has 0 aliphatic carbocycles. The number of aromatic nitrogens is 4. The molecule has 3 atom stereocenters. The predicted octanol–water partition coefficient (Wildman–Crippen LogP) is 3.43. The Hall–Kier alpha value is -4.36. The van der Waals surface area contributed by atoms with Crippen LogP contribution in [0.1, 0.15) is 18.4 Å². The molecule has 214 valence electrons. The van der Waals surface area contributed by atoms with Crippen molar-refractivity contribution in [1.29, 1.82) is 0 Å². The lowest BCUT2D eigenvalue weighted by Gasteiger charge is -2.42. The van der Waals surface area contributed by atoms with Gasteiger partial charge in [-0.15, -0.1) is 0 Å². The van der Waals surface area contributed by atoms with Crippen molar-refractivity contribution in [3.05, 3.63) is 66.1 Å². The van der Waals surface area contributed by atoms with Crippen LogP contribution in [0.2, 0.25) is 0 Å². The van der Waals surface area contributed by atoms with E-state index in [1.165, 1.54) is 23.8 Å². The van der Waals surface area contributed by atoms with Gasteiger partial charge in [0.1, 0.15) is 11.6 Å². The lowest BCUT2D eigenvalue weighted by Crippen LogP contribution is -2.62. The highest BCUT2D eigenvalue weighted by atomic mass is 19.1. The molecule has 0 radical (unpaired) electrons. The summed E-state index contributed by atoms with van der Waals surface area (Å²) in [6.07, 6.45) is 4.44. The zero-order chi connectivity index (χ0) is 28.7. The van der Waals surface area contributed by atoms with Gasteiger partial charge in [-0.05, 0) is 41.8 Å². The number of piperidine rings is 1. The number of amides is 1. The zero-order valence-electron chi connectivity index (χ0n) is 22.6. The average molecular weight is 565 g/mol. The van der Waals surface area contributed by atoms with Crippen molar-refractivity contribution in [1.82, 2.24) is 24.9 Å². The summed E-state index contributed by atoms with van der Waals surface area (Å²) in [6, 6.07) is 7.25. The number of halogens is 2. The number of pyridine rings is 1. The standard InChI is InChI=1S/C28H30F2N8O3/c1-15-11-37(12-21(31)26(15)35-28(39)40-2)24-5-6-32-10-23(24)34-27-33-9-18-3-4-22(36-38(18)27)25-19(29)7-16(8-20(25)30)17-13-41-14-17/h3-10,15,17,21,26H,11-14,31H2,1-2H3,(H,33,34)(H,35,39)/t15-,21+,26-/m0/s1. The van der Waals surface area contributed by atoms with E-state index in [4.69, 9.17) is 15.2 Å². The summed E-state index contributed by atoms with van der Waals surface area (Å²) >= 11 is 0. The Morgan fingerprint density at radius 1 is 1.15 bits per heavy atom. The van der Waals surface area contributed by atoms with Crippen molar-refractivity contribution < 1.29 is 23.0 Å². The first-order valence-corrected chi connectivity index (χ1v) is 13.3. The fraction of sp³-hybridized carbons (Fsp3) is 0.357. The first kappa shape index (κ1) is 26.8. The number of carbonyl (C=O) groups is 1. The summed E-state index contributed by atoms with van der Waals surface area (Å²) in [5, 5.41) is 10.6. The number of nitrogens with zero attached hydrogens (tertiary/aromatic N) is 5. The third kappa shape index (κ3) is 5.13. The van der Waals surface area contributed by atoms with Crippen LogP contribution in [0.3, 0.4) is 0 Å². The number of carbonyl (C=O) groups excluding carboxylic acids is 1. The van der Waals surface area contributed by atoms with E-state index in [0.29, 0.717) is 49.0 Å². The maximum atomic E-state index is 15.1. The Morgan fingerprint density at radius 3 is 2.61 bits per heavy atom. The number of alkyl carbamates (subject to hydrolysis) is 1. The number of hydrogen-bond donors (Lipinski definition) is 3. The first-order chi connectivity index (χ1) is 19.8. The van der Waals surface area contributed by atoms with Crippen LogP contribution in [0.15, 0.2) is 48.9 Å². The van der Waals surface area contributed by atoms with Crippen LogP contribution >= 0.6 is 0 Å². The molecule has 2 aliphatic rings. The zero-order valence-corrected chi connectivity index (χ0v) is 22.6. The van der Waals surface area contributed by atoms with E-state index in [9.17, 15) is 4.79 Å². The minimum atomic E-state index is -0.682. The Morgan fingerprint density at radius 2 is 1.93 bits per heavy atom. The number of anilines is 3. The molecule has 5 heterocycles. The van der Waals surface area contributed by atoms with Crippen LogP contribution in [-0.2, 0) is 9.47 Å². The molecule has 3 aromatic heterocycles. The number of ether oxygens (including phenoxy) is 2. The van der Waals surface area contributed by atoms with Gasteiger partial charge in [-0.1, -0.05) is 6.92 Å². The molecular formula is C28H30F2N8O3. The molecule has 0 bridgehead atoms. The number of methoxy groups -OCH3 is 1. The van der Waals surface area contributed by atoms with Gasteiger partial charge in [-0.3, -0.25) is 4.98 Å². The number of fused-ring (bicyclic) bond motifs is 1. The summed E-state index contributed by atoms with van der Waals surface area (Å²) < 4.78 is 41.6. The molecule has 4 N–H and O–H groups in total. The lowest BCUT2D eigenvalue weighted by molar-refractivity contribution is 0.00822. The second-order valence-electron chi connectivity index (χ2n) is 10.5. The molecule has 11 nitrogen and oxygen atoms in total. The molecule has 2 fully saturated rings. The monoisotopic (exact) mass is 564 g/mol. The van der Waals surface area contributed by atoms with Crippen molar-refractivity contribution in [2.45, 2.75) is 24.9 Å². The topological polar surface area (TPSA) is 132 Å². The molecule has 0 saturated carbocycles. The van der Waals surface area contributed by atoms with Crippen molar-refractivity contribution >= 4 is 28.9 Å². The van der Waals surface area contributed by atoms with Crippen molar-refractivity contribution in [3.8, 4) is 11.3 Å². The minimum Gasteiger partial charge on any atom is -0.453 e. The normalized spacial score (nSPS) is 21.0. The van der Waals surface area contributed by atoms with Gasteiger partial charge in [0, 0.05) is 31.2 Å². The lowest BCUT2D eigenvalue weighted by atomic mass is 9.90. The Kier molecular flexibility index (Phi) is 7.14. The third-order valence-corrected chi connectivity index (χ3v) is 7.68. The smallest absolute Gasteiger partial charge is 0.407 e. The predicted molar refractivity (Wildman–Crippen MR) is 148 cm³/mol. The summed E-state index contributed by atoms with van der Waals surface area (Å²) in [7, 11) is 1.32. The van der Waals surface area contributed by atoms with E-state index in [2.05, 4.69) is 30.6 Å². The number of benzene rings is 1. The van der Waals surface area contributed by atoms with E-state index in [-0.39, 0.29) is 35.2 Å². The van der Waals surface area contributed by atoms with E-state index in [1.54, 1.807) is 30.7 Å². The van der Waals surface area contributed by atoms with Gasteiger partial charge in [0.2, 0.25) is 5.95 Å². The van der Waals surface area contributed by atoms with Gasteiger partial charge in [0.05, 0.1) is 66.9 Å². The third-order valence-electron chi connectivity index (χ3n) is 7.68. The van der Waals surface area contributed by atoms with Crippen molar-refractivity contribution in [2.75, 3.05) is 43.6 Å². The summed E-state index contributed by atoms with van der Waals surface area (Å²) in [4.78, 5) is 22.6. The molecule has 2 saturated heterocycles. The van der Waals surface area contributed by atoms with Crippen LogP contribution in [0.25, 0.3) is 16.8 Å². The molecule has 41 heavy (non-hydrogen) atoms. The fourth-order valence-corrected chi connectivity index (χ4v) is 5.45. The van der Waals surface area contributed by atoms with E-state index in [1.807, 2.05) is 13.0 Å². The van der Waals surface area contributed by atoms with Gasteiger partial charge in [-0.2, -0.15) is 9.61 Å². The molecule has 13 heteroatoms. The van der Waals surface area contributed by atoms with Gasteiger partial charge in [-0.25, -0.2) is 18.6 Å². The number of imidazole rings is 1. The number of hydrogen-bond acceptors (Lipinski definition) is 9. The maximum absolute atomic E-state index is 15.1. The highest BCUT2D eigenvalue weighted by molar-refractivity contribution is 5.74. The quantitative estimate of drug-likeness (QED) is 0.322. The summed E-state index contributed by atoms with van der Waals surface area (Å²) in [6.45, 7) is 4.02. The Balaban J connectivity index is 1.28. The van der Waals surface area contributed by atoms with Crippen molar-refractivity contribution in [2.24, 2.45) is 11.7 Å². The van der Waals surface area contributed by atoms with E-state index in [0.717, 1.165) is 5.69 Å². The highest BCUT2D eigenvalue weighted by Crippen LogP contribution is 2.33. The molecule has 0 spiro atoms. The molecule has 2 aliphatic heterocycles. The van der Waals surface area contributed by atoms with E-state index < -0.39 is 17.7 Å². The second-order valence-corrected chi connectivity index (χ2v) is 10.5. The minimum absolute atomic E-state index is 0.00550. The summed E-state index contributed by atoms with van der Waals surface area (Å²) in [5.41, 5.74) is 9.07. The van der Waals surface area contributed by atoms with E-state index >= 15 is 8.78 Å².